The van der Waals surface area contributed by atoms with Gasteiger partial charge >= 0.3 is 0 Å². The van der Waals surface area contributed by atoms with Crippen molar-refractivity contribution in [2.75, 3.05) is 26.9 Å². The van der Waals surface area contributed by atoms with Crippen molar-refractivity contribution in [3.05, 3.63) is 27.7 Å². The van der Waals surface area contributed by atoms with Crippen LogP contribution in [0.25, 0.3) is 0 Å². The second-order valence-corrected chi connectivity index (χ2v) is 7.46. The molecule has 3 nitrogen and oxygen atoms in total. The first-order valence-electron chi connectivity index (χ1n) is 7.45. The molecule has 1 aromatic rings. The third-order valence-electron chi connectivity index (χ3n) is 3.21. The van der Waals surface area contributed by atoms with Crippen molar-refractivity contribution in [1.29, 1.82) is 0 Å². The van der Waals surface area contributed by atoms with Crippen LogP contribution in [0.1, 0.15) is 38.3 Å². The molecule has 0 amide bonds. The highest BCUT2D eigenvalue weighted by atomic mass is 79.9. The number of ether oxygens (including phenoxy) is 2. The summed E-state index contributed by atoms with van der Waals surface area (Å²) in [6.07, 6.45) is 1.04. The molecule has 0 unspecified atom stereocenters. The van der Waals surface area contributed by atoms with Crippen molar-refractivity contribution in [1.82, 2.24) is 5.32 Å². The number of hydrogen-bond donors (Lipinski definition) is 1. The summed E-state index contributed by atoms with van der Waals surface area (Å²) in [5.74, 6) is 1.01. The first-order valence-corrected chi connectivity index (χ1v) is 8.24. The van der Waals surface area contributed by atoms with Crippen LogP contribution < -0.4 is 10.1 Å². The third kappa shape index (κ3) is 7.30. The summed E-state index contributed by atoms with van der Waals surface area (Å²) in [5, 5.41) is 3.38. The maximum Gasteiger partial charge on any atom is 0.126 e. The van der Waals surface area contributed by atoms with Crippen LogP contribution in [0.2, 0.25) is 0 Å². The van der Waals surface area contributed by atoms with E-state index in [4.69, 9.17) is 9.47 Å². The Morgan fingerprint density at radius 3 is 2.52 bits per heavy atom. The van der Waals surface area contributed by atoms with Gasteiger partial charge in [0.2, 0.25) is 0 Å². The lowest BCUT2D eigenvalue weighted by Crippen LogP contribution is -2.19. The van der Waals surface area contributed by atoms with E-state index in [-0.39, 0.29) is 0 Å². The SMILES string of the molecule is COCCNCc1cc(Br)cc(C)c1OCCC(C)(C)C. The van der Waals surface area contributed by atoms with E-state index in [1.165, 1.54) is 11.1 Å². The lowest BCUT2D eigenvalue weighted by Gasteiger charge is -2.20. The number of hydrogen-bond acceptors (Lipinski definition) is 3. The molecule has 1 N–H and O–H groups in total. The first kappa shape index (κ1) is 18.5. The van der Waals surface area contributed by atoms with Crippen LogP contribution in [0.5, 0.6) is 5.75 Å². The fourth-order valence-corrected chi connectivity index (χ4v) is 2.61. The zero-order valence-corrected chi connectivity index (χ0v) is 15.5. The topological polar surface area (TPSA) is 30.5 Å². The average Bonchev–Trinajstić information content (AvgIpc) is 2.36. The molecule has 0 radical (unpaired) electrons. The van der Waals surface area contributed by atoms with E-state index < -0.39 is 0 Å². The van der Waals surface area contributed by atoms with Crippen molar-refractivity contribution in [2.45, 2.75) is 40.7 Å². The van der Waals surface area contributed by atoms with E-state index in [0.717, 1.165) is 36.3 Å². The van der Waals surface area contributed by atoms with Gasteiger partial charge < -0.3 is 14.8 Å². The molecule has 0 fully saturated rings. The van der Waals surface area contributed by atoms with E-state index >= 15 is 0 Å². The molecule has 0 atom stereocenters. The van der Waals surface area contributed by atoms with Gasteiger partial charge in [0.25, 0.3) is 0 Å². The Balaban J connectivity index is 2.70. The highest BCUT2D eigenvalue weighted by Crippen LogP contribution is 2.29. The third-order valence-corrected chi connectivity index (χ3v) is 3.67. The molecule has 0 saturated heterocycles. The molecule has 1 rings (SSSR count). The van der Waals surface area contributed by atoms with Crippen molar-refractivity contribution in [3.8, 4) is 5.75 Å². The Labute approximate surface area is 137 Å². The van der Waals surface area contributed by atoms with Crippen LogP contribution in [-0.2, 0) is 11.3 Å². The highest BCUT2D eigenvalue weighted by Gasteiger charge is 2.13. The molecule has 0 spiro atoms. The fourth-order valence-electron chi connectivity index (χ4n) is 1.99. The molecule has 0 heterocycles. The minimum absolute atomic E-state index is 0.292. The quantitative estimate of drug-likeness (QED) is 0.703. The number of methoxy groups -OCH3 is 1. The summed E-state index contributed by atoms with van der Waals surface area (Å²) in [6.45, 7) is 11.9. The van der Waals surface area contributed by atoms with Crippen LogP contribution in [-0.4, -0.2) is 26.9 Å². The van der Waals surface area contributed by atoms with Crippen LogP contribution >= 0.6 is 15.9 Å². The van der Waals surface area contributed by atoms with Crippen LogP contribution in [0.15, 0.2) is 16.6 Å². The van der Waals surface area contributed by atoms with Gasteiger partial charge in [-0.05, 0) is 36.5 Å². The predicted octanol–water partition coefficient (Wildman–Crippen LogP) is 4.31. The van der Waals surface area contributed by atoms with Crippen molar-refractivity contribution in [2.24, 2.45) is 5.41 Å². The molecule has 1 aromatic carbocycles. The number of nitrogens with one attached hydrogen (secondary N) is 1. The van der Waals surface area contributed by atoms with Gasteiger partial charge in [0.1, 0.15) is 5.75 Å². The Morgan fingerprint density at radius 1 is 1.19 bits per heavy atom. The molecule has 0 aliphatic rings. The normalized spacial score (nSPS) is 11.7. The Bertz CT molecular complexity index is 441. The summed E-state index contributed by atoms with van der Waals surface area (Å²) in [6, 6.07) is 4.23. The Kier molecular flexibility index (Phi) is 7.71. The molecule has 0 saturated carbocycles. The molecule has 4 heteroatoms. The standard InChI is InChI=1S/C17H28BrNO2/c1-13-10-15(18)11-14(12-19-7-9-20-5)16(13)21-8-6-17(2,3)4/h10-11,19H,6-9,12H2,1-5H3. The minimum atomic E-state index is 0.292. The minimum Gasteiger partial charge on any atom is -0.493 e. The lowest BCUT2D eigenvalue weighted by molar-refractivity contribution is 0.198. The second kappa shape index (κ2) is 8.76. The van der Waals surface area contributed by atoms with Gasteiger partial charge in [0.05, 0.1) is 13.2 Å². The predicted molar refractivity (Wildman–Crippen MR) is 92.0 cm³/mol. The van der Waals surface area contributed by atoms with Gasteiger partial charge in [0, 0.05) is 30.2 Å². The molecule has 0 aromatic heterocycles. The largest absolute Gasteiger partial charge is 0.493 e. The fraction of sp³-hybridized carbons (Fsp3) is 0.647. The van der Waals surface area contributed by atoms with Gasteiger partial charge in [-0.3, -0.25) is 0 Å². The monoisotopic (exact) mass is 357 g/mol. The molecular formula is C17H28BrNO2. The molecule has 0 bridgehead atoms. The van der Waals surface area contributed by atoms with E-state index in [1.54, 1.807) is 7.11 Å². The molecule has 0 aliphatic carbocycles. The molecular weight excluding hydrogens is 330 g/mol. The summed E-state index contributed by atoms with van der Waals surface area (Å²) in [5.41, 5.74) is 2.65. The second-order valence-electron chi connectivity index (χ2n) is 6.54. The van der Waals surface area contributed by atoms with Gasteiger partial charge in [-0.25, -0.2) is 0 Å². The Hall–Kier alpha value is -0.580. The van der Waals surface area contributed by atoms with Gasteiger partial charge in [0.15, 0.2) is 0 Å². The van der Waals surface area contributed by atoms with Crippen molar-refractivity contribution < 1.29 is 9.47 Å². The molecule has 120 valence electrons. The van der Waals surface area contributed by atoms with Gasteiger partial charge in [-0.15, -0.1) is 0 Å². The first-order chi connectivity index (χ1) is 9.83. The van der Waals surface area contributed by atoms with E-state index in [9.17, 15) is 0 Å². The van der Waals surface area contributed by atoms with E-state index in [0.29, 0.717) is 12.0 Å². The number of rotatable bonds is 8. The molecule has 21 heavy (non-hydrogen) atoms. The Morgan fingerprint density at radius 2 is 1.90 bits per heavy atom. The average molecular weight is 358 g/mol. The van der Waals surface area contributed by atoms with Crippen LogP contribution in [0.4, 0.5) is 0 Å². The zero-order valence-electron chi connectivity index (χ0n) is 13.9. The number of aryl methyl sites for hydroxylation is 1. The summed E-state index contributed by atoms with van der Waals surface area (Å²) in [7, 11) is 1.71. The summed E-state index contributed by atoms with van der Waals surface area (Å²) >= 11 is 3.56. The maximum atomic E-state index is 6.06. The van der Waals surface area contributed by atoms with Crippen LogP contribution in [0.3, 0.4) is 0 Å². The van der Waals surface area contributed by atoms with Gasteiger partial charge in [-0.1, -0.05) is 36.7 Å². The summed E-state index contributed by atoms with van der Waals surface area (Å²) in [4.78, 5) is 0. The number of benzene rings is 1. The lowest BCUT2D eigenvalue weighted by atomic mass is 9.93. The van der Waals surface area contributed by atoms with Crippen LogP contribution in [0, 0.1) is 12.3 Å². The number of halogens is 1. The van der Waals surface area contributed by atoms with Gasteiger partial charge in [-0.2, -0.15) is 0 Å². The maximum absolute atomic E-state index is 6.06. The van der Waals surface area contributed by atoms with Crippen molar-refractivity contribution in [3.63, 3.8) is 0 Å². The highest BCUT2D eigenvalue weighted by molar-refractivity contribution is 9.10. The van der Waals surface area contributed by atoms with E-state index in [1.807, 2.05) is 0 Å². The zero-order chi connectivity index (χ0) is 15.9. The van der Waals surface area contributed by atoms with E-state index in [2.05, 4.69) is 61.1 Å². The van der Waals surface area contributed by atoms with Crippen molar-refractivity contribution >= 4 is 15.9 Å². The smallest absolute Gasteiger partial charge is 0.126 e. The summed E-state index contributed by atoms with van der Waals surface area (Å²) < 4.78 is 12.2. The molecule has 0 aliphatic heterocycles.